The average Bonchev–Trinajstić information content (AvgIpc) is 2.73. The molecule has 3 rings (SSSR count). The number of aromatic carboxylic acids is 1. The van der Waals surface area contributed by atoms with E-state index in [1.54, 1.807) is 23.1 Å². The van der Waals surface area contributed by atoms with Crippen LogP contribution < -0.4 is 0 Å². The van der Waals surface area contributed by atoms with E-state index in [1.807, 2.05) is 12.1 Å². The number of nitrogens with zero attached hydrogens (tertiary/aromatic N) is 3. The summed E-state index contributed by atoms with van der Waals surface area (Å²) < 4.78 is 1.73. The highest BCUT2D eigenvalue weighted by atomic mass is 16.4. The number of hydrogen-bond acceptors (Lipinski definition) is 3. The van der Waals surface area contributed by atoms with Crippen molar-refractivity contribution in [3.63, 3.8) is 0 Å². The summed E-state index contributed by atoms with van der Waals surface area (Å²) in [5.41, 5.74) is 1.96. The summed E-state index contributed by atoms with van der Waals surface area (Å²) in [6.07, 6.45) is 6.78. The zero-order chi connectivity index (χ0) is 12.5. The van der Waals surface area contributed by atoms with Crippen molar-refractivity contribution < 1.29 is 9.90 Å². The van der Waals surface area contributed by atoms with Crippen LogP contribution in [0, 0.1) is 0 Å². The molecule has 0 saturated heterocycles. The van der Waals surface area contributed by atoms with E-state index in [0.717, 1.165) is 24.2 Å². The molecule has 0 radical (unpaired) electrons. The lowest BCUT2D eigenvalue weighted by Gasteiger charge is -2.25. The molecule has 1 saturated carbocycles. The topological polar surface area (TPSA) is 68.0 Å². The first-order chi connectivity index (χ1) is 8.75. The van der Waals surface area contributed by atoms with E-state index in [2.05, 4.69) is 10.1 Å². The van der Waals surface area contributed by atoms with Crippen LogP contribution in [0.5, 0.6) is 0 Å². The monoisotopic (exact) mass is 243 g/mol. The van der Waals surface area contributed by atoms with Gasteiger partial charge in [-0.2, -0.15) is 5.10 Å². The summed E-state index contributed by atoms with van der Waals surface area (Å²) in [6, 6.07) is 5.36. The molecule has 5 nitrogen and oxygen atoms in total. The number of carboxylic acid groups (broad SMARTS) is 1. The SMILES string of the molecule is O=C(O)c1cc(C2CCC2)n(-c2ccncc2)n1. The Morgan fingerprint density at radius 2 is 2.06 bits per heavy atom. The molecule has 1 fully saturated rings. The third-order valence-corrected chi connectivity index (χ3v) is 3.39. The molecule has 2 heterocycles. The fourth-order valence-corrected chi connectivity index (χ4v) is 2.19. The van der Waals surface area contributed by atoms with Gasteiger partial charge in [-0.3, -0.25) is 4.98 Å². The van der Waals surface area contributed by atoms with Gasteiger partial charge in [0.15, 0.2) is 5.69 Å². The molecular formula is C13H13N3O2. The molecule has 5 heteroatoms. The van der Waals surface area contributed by atoms with Gasteiger partial charge >= 0.3 is 5.97 Å². The van der Waals surface area contributed by atoms with Gasteiger partial charge in [0.25, 0.3) is 0 Å². The van der Waals surface area contributed by atoms with Crippen molar-refractivity contribution in [2.24, 2.45) is 0 Å². The predicted molar refractivity (Wildman–Crippen MR) is 64.9 cm³/mol. The Labute approximate surface area is 104 Å². The zero-order valence-electron chi connectivity index (χ0n) is 9.78. The largest absolute Gasteiger partial charge is 0.476 e. The molecule has 0 unspecified atom stereocenters. The number of carbonyl (C=O) groups is 1. The molecule has 0 amide bonds. The Balaban J connectivity index is 2.08. The summed E-state index contributed by atoms with van der Waals surface area (Å²) in [5.74, 6) is -0.554. The highest BCUT2D eigenvalue weighted by Gasteiger charge is 2.26. The second-order valence-electron chi connectivity index (χ2n) is 4.50. The third kappa shape index (κ3) is 1.77. The van der Waals surface area contributed by atoms with Gasteiger partial charge in [0.2, 0.25) is 0 Å². The van der Waals surface area contributed by atoms with Gasteiger partial charge in [0, 0.05) is 24.0 Å². The lowest BCUT2D eigenvalue weighted by molar-refractivity contribution is 0.0690. The Bertz CT molecular complexity index is 573. The number of aromatic nitrogens is 3. The van der Waals surface area contributed by atoms with Crippen molar-refractivity contribution in [2.75, 3.05) is 0 Å². The molecule has 2 aromatic heterocycles. The maximum atomic E-state index is 11.0. The first-order valence-electron chi connectivity index (χ1n) is 5.99. The molecule has 18 heavy (non-hydrogen) atoms. The molecule has 1 N–H and O–H groups in total. The van der Waals surface area contributed by atoms with Gasteiger partial charge in [0.1, 0.15) is 0 Å². The van der Waals surface area contributed by atoms with E-state index in [0.29, 0.717) is 5.92 Å². The molecule has 0 aromatic carbocycles. The van der Waals surface area contributed by atoms with Crippen LogP contribution in [0.4, 0.5) is 0 Å². The van der Waals surface area contributed by atoms with Crippen LogP contribution in [0.2, 0.25) is 0 Å². The predicted octanol–water partition coefficient (Wildman–Crippen LogP) is 2.23. The molecule has 1 aliphatic rings. The van der Waals surface area contributed by atoms with E-state index in [4.69, 9.17) is 5.11 Å². The number of hydrogen-bond donors (Lipinski definition) is 1. The quantitative estimate of drug-likeness (QED) is 0.897. The van der Waals surface area contributed by atoms with Crippen molar-refractivity contribution in [3.05, 3.63) is 42.0 Å². The third-order valence-electron chi connectivity index (χ3n) is 3.39. The van der Waals surface area contributed by atoms with Crippen LogP contribution in [-0.2, 0) is 0 Å². The van der Waals surface area contributed by atoms with Gasteiger partial charge < -0.3 is 5.11 Å². The first-order valence-corrected chi connectivity index (χ1v) is 5.99. The molecule has 1 aliphatic carbocycles. The van der Waals surface area contributed by atoms with Crippen LogP contribution >= 0.6 is 0 Å². The normalized spacial score (nSPS) is 15.3. The standard InChI is InChI=1S/C13H13N3O2/c17-13(18)11-8-12(9-2-1-3-9)16(15-11)10-4-6-14-7-5-10/h4-9H,1-3H2,(H,17,18). The second kappa shape index (κ2) is 4.25. The maximum Gasteiger partial charge on any atom is 0.356 e. The van der Waals surface area contributed by atoms with E-state index in [-0.39, 0.29) is 5.69 Å². The lowest BCUT2D eigenvalue weighted by atomic mass is 9.83. The summed E-state index contributed by atoms with van der Waals surface area (Å²) in [7, 11) is 0. The number of rotatable bonds is 3. The van der Waals surface area contributed by atoms with Gasteiger partial charge in [-0.1, -0.05) is 6.42 Å². The van der Waals surface area contributed by atoms with Crippen molar-refractivity contribution >= 4 is 5.97 Å². The van der Waals surface area contributed by atoms with Gasteiger partial charge in [-0.05, 0) is 31.0 Å². The highest BCUT2D eigenvalue weighted by molar-refractivity contribution is 5.85. The van der Waals surface area contributed by atoms with Crippen molar-refractivity contribution in [1.82, 2.24) is 14.8 Å². The summed E-state index contributed by atoms with van der Waals surface area (Å²) in [6.45, 7) is 0. The summed E-state index contributed by atoms with van der Waals surface area (Å²) in [4.78, 5) is 15.0. The fraction of sp³-hybridized carbons (Fsp3) is 0.308. The van der Waals surface area contributed by atoms with E-state index in [9.17, 15) is 4.79 Å². The van der Waals surface area contributed by atoms with Crippen molar-refractivity contribution in [1.29, 1.82) is 0 Å². The van der Waals surface area contributed by atoms with E-state index < -0.39 is 5.97 Å². The molecule has 2 aromatic rings. The van der Waals surface area contributed by atoms with Crippen LogP contribution in [0.3, 0.4) is 0 Å². The van der Waals surface area contributed by atoms with Crippen LogP contribution in [0.15, 0.2) is 30.6 Å². The minimum atomic E-state index is -0.983. The maximum absolute atomic E-state index is 11.0. The smallest absolute Gasteiger partial charge is 0.356 e. The Hall–Kier alpha value is -2.17. The van der Waals surface area contributed by atoms with Crippen LogP contribution in [0.1, 0.15) is 41.4 Å². The average molecular weight is 243 g/mol. The van der Waals surface area contributed by atoms with Crippen LogP contribution in [0.25, 0.3) is 5.69 Å². The first kappa shape index (κ1) is 11.0. The number of carboxylic acids is 1. The number of pyridine rings is 1. The van der Waals surface area contributed by atoms with Gasteiger partial charge in [0.05, 0.1) is 5.69 Å². The molecule has 0 spiro atoms. The molecule has 0 atom stereocenters. The molecule has 0 aliphatic heterocycles. The summed E-state index contributed by atoms with van der Waals surface area (Å²) in [5, 5.41) is 13.2. The molecular weight excluding hydrogens is 230 g/mol. The zero-order valence-corrected chi connectivity index (χ0v) is 9.78. The lowest BCUT2D eigenvalue weighted by Crippen LogP contribution is -2.14. The fourth-order valence-electron chi connectivity index (χ4n) is 2.19. The van der Waals surface area contributed by atoms with E-state index in [1.165, 1.54) is 6.42 Å². The minimum absolute atomic E-state index is 0.105. The van der Waals surface area contributed by atoms with Gasteiger partial charge in [-0.15, -0.1) is 0 Å². The van der Waals surface area contributed by atoms with E-state index >= 15 is 0 Å². The van der Waals surface area contributed by atoms with Crippen molar-refractivity contribution in [2.45, 2.75) is 25.2 Å². The van der Waals surface area contributed by atoms with Crippen molar-refractivity contribution in [3.8, 4) is 5.69 Å². The Kier molecular flexibility index (Phi) is 2.59. The van der Waals surface area contributed by atoms with Crippen LogP contribution in [-0.4, -0.2) is 25.8 Å². The molecule has 92 valence electrons. The second-order valence-corrected chi connectivity index (χ2v) is 4.50. The Morgan fingerprint density at radius 3 is 2.61 bits per heavy atom. The van der Waals surface area contributed by atoms with Gasteiger partial charge in [-0.25, -0.2) is 9.48 Å². The Morgan fingerprint density at radius 1 is 1.33 bits per heavy atom. The highest BCUT2D eigenvalue weighted by Crippen LogP contribution is 2.37. The minimum Gasteiger partial charge on any atom is -0.476 e. The molecule has 0 bridgehead atoms. The summed E-state index contributed by atoms with van der Waals surface area (Å²) >= 11 is 0.